The van der Waals surface area contributed by atoms with Gasteiger partial charge < -0.3 is 9.47 Å². The van der Waals surface area contributed by atoms with Crippen LogP contribution in [0.15, 0.2) is 23.2 Å². The monoisotopic (exact) mass is 392 g/mol. The summed E-state index contributed by atoms with van der Waals surface area (Å²) in [4.78, 5) is 28.9. The Hall–Kier alpha value is -1.87. The fourth-order valence-corrected chi connectivity index (χ4v) is 2.21. The van der Waals surface area contributed by atoms with Gasteiger partial charge in [-0.25, -0.2) is 23.0 Å². The lowest BCUT2D eigenvalue weighted by molar-refractivity contribution is 0.0429. The van der Waals surface area contributed by atoms with Gasteiger partial charge in [-0.15, -0.1) is 0 Å². The van der Waals surface area contributed by atoms with Crippen LogP contribution in [0.25, 0.3) is 0 Å². The average Bonchev–Trinajstić information content (AvgIpc) is 2.33. The molecular formula is C15H21ClN2O6S. The van der Waals surface area contributed by atoms with Gasteiger partial charge in [0, 0.05) is 16.9 Å². The first-order chi connectivity index (χ1) is 11.1. The Labute approximate surface area is 151 Å². The Kier molecular flexibility index (Phi) is 6.07. The number of anilines is 1. The molecule has 8 nitrogen and oxygen atoms in total. The van der Waals surface area contributed by atoms with Crippen molar-refractivity contribution in [2.24, 2.45) is 0 Å². The number of pyridine rings is 1. The van der Waals surface area contributed by atoms with Crippen molar-refractivity contribution in [2.75, 3.05) is 4.90 Å². The van der Waals surface area contributed by atoms with E-state index >= 15 is 0 Å². The molecule has 1 rings (SSSR count). The summed E-state index contributed by atoms with van der Waals surface area (Å²) in [6, 6.07) is 2.27. The third-order valence-corrected chi connectivity index (χ3v) is 3.72. The third kappa shape index (κ3) is 6.87. The molecule has 0 unspecified atom stereocenters. The summed E-state index contributed by atoms with van der Waals surface area (Å²) in [7, 11) is 1.24. The van der Waals surface area contributed by atoms with Gasteiger partial charge in [0.2, 0.25) is 0 Å². The second kappa shape index (κ2) is 7.17. The van der Waals surface area contributed by atoms with Crippen molar-refractivity contribution in [3.63, 3.8) is 0 Å². The van der Waals surface area contributed by atoms with Crippen LogP contribution in [0.5, 0.6) is 0 Å². The minimum atomic E-state index is -3.98. The predicted molar refractivity (Wildman–Crippen MR) is 92.2 cm³/mol. The summed E-state index contributed by atoms with van der Waals surface area (Å²) in [5.74, 6) is -0.160. The zero-order valence-corrected chi connectivity index (χ0v) is 16.4. The van der Waals surface area contributed by atoms with E-state index in [4.69, 9.17) is 20.2 Å². The first kappa shape index (κ1) is 21.2. The van der Waals surface area contributed by atoms with Crippen molar-refractivity contribution < 1.29 is 27.5 Å². The minimum Gasteiger partial charge on any atom is -0.443 e. The largest absolute Gasteiger partial charge is 0.443 e. The molecule has 0 saturated carbocycles. The van der Waals surface area contributed by atoms with E-state index in [-0.39, 0.29) is 10.7 Å². The van der Waals surface area contributed by atoms with Crippen LogP contribution >= 0.6 is 10.7 Å². The lowest BCUT2D eigenvalue weighted by Crippen LogP contribution is -2.44. The van der Waals surface area contributed by atoms with E-state index in [1.807, 2.05) is 0 Å². The first-order valence-corrected chi connectivity index (χ1v) is 9.58. The molecule has 0 aliphatic carbocycles. The number of halogens is 1. The van der Waals surface area contributed by atoms with Crippen LogP contribution in [0.1, 0.15) is 41.5 Å². The predicted octanol–water partition coefficient (Wildman–Crippen LogP) is 3.69. The lowest BCUT2D eigenvalue weighted by atomic mass is 10.2. The molecule has 0 atom stereocenters. The van der Waals surface area contributed by atoms with Gasteiger partial charge in [-0.1, -0.05) is 0 Å². The fraction of sp³-hybridized carbons (Fsp3) is 0.533. The van der Waals surface area contributed by atoms with Gasteiger partial charge >= 0.3 is 12.2 Å². The Morgan fingerprint density at radius 2 is 1.44 bits per heavy atom. The quantitative estimate of drug-likeness (QED) is 0.707. The maximum absolute atomic E-state index is 12.4. The van der Waals surface area contributed by atoms with Crippen LogP contribution in [-0.4, -0.2) is 36.8 Å². The SMILES string of the molecule is CC(C)(C)OC(=O)N(C(=O)OC(C)(C)C)c1ccc(S(=O)(=O)Cl)cn1. The first-order valence-electron chi connectivity index (χ1n) is 7.27. The summed E-state index contributed by atoms with van der Waals surface area (Å²) in [5, 5.41) is 0. The van der Waals surface area contributed by atoms with Crippen molar-refractivity contribution in [3.8, 4) is 0 Å². The van der Waals surface area contributed by atoms with Crippen LogP contribution in [-0.2, 0) is 18.5 Å². The van der Waals surface area contributed by atoms with Gasteiger partial charge in [0.1, 0.15) is 21.9 Å². The summed E-state index contributed by atoms with van der Waals surface area (Å²) in [5.41, 5.74) is -1.73. The highest BCUT2D eigenvalue weighted by Crippen LogP contribution is 2.22. The zero-order valence-electron chi connectivity index (χ0n) is 14.9. The number of ether oxygens (including phenoxy) is 2. The molecule has 0 aliphatic rings. The number of rotatable bonds is 2. The van der Waals surface area contributed by atoms with Crippen molar-refractivity contribution in [2.45, 2.75) is 57.6 Å². The molecule has 1 heterocycles. The van der Waals surface area contributed by atoms with Gasteiger partial charge in [0.15, 0.2) is 0 Å². The summed E-state index contributed by atoms with van der Waals surface area (Å²) >= 11 is 0. The van der Waals surface area contributed by atoms with Crippen LogP contribution in [0.2, 0.25) is 0 Å². The molecule has 0 spiro atoms. The zero-order chi connectivity index (χ0) is 19.6. The number of aromatic nitrogens is 1. The third-order valence-electron chi connectivity index (χ3n) is 2.38. The number of hydrogen-bond acceptors (Lipinski definition) is 7. The smallest absolute Gasteiger partial charge is 0.425 e. The second-order valence-electron chi connectivity index (χ2n) is 7.09. The summed E-state index contributed by atoms with van der Waals surface area (Å²) in [6.45, 7) is 9.80. The standard InChI is InChI=1S/C15H21ClN2O6S/c1-14(2,3)23-12(19)18(13(20)24-15(4,5)6)11-8-7-10(9-17-11)25(16,21)22/h7-9H,1-6H3. The normalized spacial score (nSPS) is 12.4. The Morgan fingerprint density at radius 1 is 1.00 bits per heavy atom. The summed E-state index contributed by atoms with van der Waals surface area (Å²) in [6.07, 6.45) is -1.08. The number of carbonyl (C=O) groups is 2. The average molecular weight is 393 g/mol. The molecule has 1 aromatic rings. The van der Waals surface area contributed by atoms with Crippen LogP contribution in [0, 0.1) is 0 Å². The van der Waals surface area contributed by atoms with Crippen molar-refractivity contribution in [1.82, 2.24) is 4.98 Å². The molecule has 25 heavy (non-hydrogen) atoms. The molecule has 0 radical (unpaired) electrons. The molecule has 0 fully saturated rings. The van der Waals surface area contributed by atoms with Gasteiger partial charge in [0.05, 0.1) is 0 Å². The summed E-state index contributed by atoms with van der Waals surface area (Å²) < 4.78 is 32.9. The highest BCUT2D eigenvalue weighted by molar-refractivity contribution is 8.13. The Morgan fingerprint density at radius 3 is 1.72 bits per heavy atom. The van der Waals surface area contributed by atoms with Gasteiger partial charge in [0.25, 0.3) is 9.05 Å². The molecule has 2 amide bonds. The Bertz CT molecular complexity index is 720. The van der Waals surface area contributed by atoms with Gasteiger partial charge in [-0.05, 0) is 53.7 Å². The molecule has 1 aromatic heterocycles. The van der Waals surface area contributed by atoms with Crippen LogP contribution in [0.4, 0.5) is 15.4 Å². The topological polar surface area (TPSA) is 103 Å². The van der Waals surface area contributed by atoms with E-state index in [1.165, 1.54) is 0 Å². The van der Waals surface area contributed by atoms with E-state index in [0.29, 0.717) is 4.90 Å². The molecule has 0 saturated heterocycles. The number of nitrogens with zero attached hydrogens (tertiary/aromatic N) is 2. The number of hydrogen-bond donors (Lipinski definition) is 0. The van der Waals surface area contributed by atoms with Crippen molar-refractivity contribution in [1.29, 1.82) is 0 Å². The molecule has 10 heteroatoms. The molecule has 140 valence electrons. The molecule has 0 aliphatic heterocycles. The lowest BCUT2D eigenvalue weighted by Gasteiger charge is -2.28. The maximum Gasteiger partial charge on any atom is 0.425 e. The maximum atomic E-state index is 12.4. The molecule has 0 bridgehead atoms. The highest BCUT2D eigenvalue weighted by atomic mass is 35.7. The van der Waals surface area contributed by atoms with E-state index in [2.05, 4.69) is 4.98 Å². The number of carbonyl (C=O) groups excluding carboxylic acids is 2. The van der Waals surface area contributed by atoms with Crippen LogP contribution in [0.3, 0.4) is 0 Å². The second-order valence-corrected chi connectivity index (χ2v) is 9.65. The fourth-order valence-electron chi connectivity index (χ4n) is 1.53. The minimum absolute atomic E-state index is 0.160. The highest BCUT2D eigenvalue weighted by Gasteiger charge is 2.33. The van der Waals surface area contributed by atoms with Gasteiger partial charge in [-0.2, -0.15) is 4.90 Å². The molecular weight excluding hydrogens is 372 g/mol. The Balaban J connectivity index is 3.26. The molecule has 0 N–H and O–H groups in total. The molecule has 0 aromatic carbocycles. The van der Waals surface area contributed by atoms with Crippen LogP contribution < -0.4 is 4.90 Å². The van der Waals surface area contributed by atoms with Gasteiger partial charge in [-0.3, -0.25) is 0 Å². The van der Waals surface area contributed by atoms with E-state index in [1.54, 1.807) is 41.5 Å². The van der Waals surface area contributed by atoms with E-state index in [9.17, 15) is 18.0 Å². The number of imide groups is 1. The number of amides is 2. The van der Waals surface area contributed by atoms with Crippen molar-refractivity contribution in [3.05, 3.63) is 18.3 Å². The van der Waals surface area contributed by atoms with E-state index in [0.717, 1.165) is 18.3 Å². The van der Waals surface area contributed by atoms with Crippen molar-refractivity contribution >= 4 is 37.7 Å². The van der Waals surface area contributed by atoms with E-state index < -0.39 is 32.4 Å².